The van der Waals surface area contributed by atoms with Crippen LogP contribution in [-0.4, -0.2) is 36.9 Å². The summed E-state index contributed by atoms with van der Waals surface area (Å²) in [5.74, 6) is -1.23. The van der Waals surface area contributed by atoms with Gasteiger partial charge in [-0.25, -0.2) is 14.4 Å². The topological polar surface area (TPSA) is 105 Å². The van der Waals surface area contributed by atoms with E-state index in [9.17, 15) is 19.2 Å². The number of Topliss-reactive ketones (excluding diaryl/α,β-unsaturated/α-hetero) is 1. The van der Waals surface area contributed by atoms with Crippen molar-refractivity contribution in [3.63, 3.8) is 0 Å². The molecule has 0 unspecified atom stereocenters. The molecule has 0 aliphatic rings. The molecule has 0 fully saturated rings. The summed E-state index contributed by atoms with van der Waals surface area (Å²) in [4.78, 5) is 46.8. The van der Waals surface area contributed by atoms with Crippen LogP contribution in [0.3, 0.4) is 0 Å². The average Bonchev–Trinajstić information content (AvgIpc) is 2.95. The van der Waals surface area contributed by atoms with Crippen LogP contribution in [-0.2, 0) is 19.0 Å². The van der Waals surface area contributed by atoms with Gasteiger partial charge in [-0.05, 0) is 68.3 Å². The first-order valence-corrected chi connectivity index (χ1v) is 12.3. The van der Waals surface area contributed by atoms with Gasteiger partial charge < -0.3 is 18.9 Å². The fraction of sp³-hybridized carbons (Fsp3) is 0.226. The Balaban J connectivity index is 0.00000371. The molecule has 2 rings (SSSR count). The smallest absolute Gasteiger partial charge is 0.343 e. The van der Waals surface area contributed by atoms with E-state index in [2.05, 4.69) is 19.7 Å². The van der Waals surface area contributed by atoms with Crippen LogP contribution < -0.4 is 4.74 Å². The highest BCUT2D eigenvalue weighted by molar-refractivity contribution is 5.96. The molecule has 0 aliphatic carbocycles. The number of unbranched alkanes of at least 4 members (excludes halogenated alkanes) is 1. The number of benzene rings is 2. The summed E-state index contributed by atoms with van der Waals surface area (Å²) in [5, 5.41) is 0. The summed E-state index contributed by atoms with van der Waals surface area (Å²) < 4.78 is 20.8. The molecule has 2 aromatic carbocycles. The number of ether oxygens (including phenoxy) is 4. The zero-order chi connectivity index (χ0) is 29.2. The summed E-state index contributed by atoms with van der Waals surface area (Å²) >= 11 is 0. The predicted molar refractivity (Wildman–Crippen MR) is 148 cm³/mol. The van der Waals surface area contributed by atoms with Crippen LogP contribution in [0.2, 0.25) is 0 Å². The maximum atomic E-state index is 12.3. The summed E-state index contributed by atoms with van der Waals surface area (Å²) in [5.41, 5.74) is 1.03. The average molecular weight is 535 g/mol. The number of carbonyl (C=O) groups is 4. The van der Waals surface area contributed by atoms with Crippen molar-refractivity contribution in [2.75, 3.05) is 13.2 Å². The first-order chi connectivity index (χ1) is 18.7. The standard InChI is InChI=1S/C29H28O8.C2H6/c1-5-27(31)35-19-7-6-18-34-26-16-14-25(15-17-26)29(33)37-21(3)9-8-20(2)36-28(32)24-12-10-23(11-13-24)22(4)30;1-2/h5,8-17H,1-3,6-7,18-19H2,4H3;1-2H3/b9-8-;. The molecule has 0 N–H and O–H groups in total. The molecule has 206 valence electrons. The van der Waals surface area contributed by atoms with Crippen LogP contribution in [0, 0.1) is 0 Å². The van der Waals surface area contributed by atoms with E-state index in [1.54, 1.807) is 24.3 Å². The van der Waals surface area contributed by atoms with Crippen molar-refractivity contribution >= 4 is 23.7 Å². The van der Waals surface area contributed by atoms with Crippen LogP contribution in [0.25, 0.3) is 0 Å². The second-order valence-corrected chi connectivity index (χ2v) is 7.63. The monoisotopic (exact) mass is 534 g/mol. The van der Waals surface area contributed by atoms with Gasteiger partial charge in [-0.15, -0.1) is 0 Å². The minimum absolute atomic E-state index is 0.0122. The van der Waals surface area contributed by atoms with Gasteiger partial charge in [0.2, 0.25) is 0 Å². The van der Waals surface area contributed by atoms with E-state index in [-0.39, 0.29) is 28.4 Å². The number of carbonyl (C=O) groups excluding carboxylic acids is 4. The second kappa shape index (κ2) is 17.7. The molecule has 0 saturated carbocycles. The third-order valence-electron chi connectivity index (χ3n) is 4.74. The van der Waals surface area contributed by atoms with E-state index in [0.29, 0.717) is 37.4 Å². The fourth-order valence-corrected chi connectivity index (χ4v) is 2.76. The zero-order valence-corrected chi connectivity index (χ0v) is 22.6. The van der Waals surface area contributed by atoms with Crippen molar-refractivity contribution < 1.29 is 38.1 Å². The van der Waals surface area contributed by atoms with Crippen LogP contribution in [0.1, 0.15) is 64.7 Å². The van der Waals surface area contributed by atoms with Crippen molar-refractivity contribution in [3.8, 4) is 5.75 Å². The van der Waals surface area contributed by atoms with Crippen LogP contribution in [0.4, 0.5) is 0 Å². The van der Waals surface area contributed by atoms with Gasteiger partial charge in [0.05, 0.1) is 24.3 Å². The number of hydrogen-bond acceptors (Lipinski definition) is 8. The molecule has 8 nitrogen and oxygen atoms in total. The van der Waals surface area contributed by atoms with Gasteiger partial charge in [0, 0.05) is 11.6 Å². The Bertz CT molecular complexity index is 1190. The van der Waals surface area contributed by atoms with Gasteiger partial charge in [-0.1, -0.05) is 45.7 Å². The summed E-state index contributed by atoms with van der Waals surface area (Å²) in [6.45, 7) is 16.8. The van der Waals surface area contributed by atoms with Gasteiger partial charge in [0.1, 0.15) is 17.3 Å². The maximum absolute atomic E-state index is 12.3. The quantitative estimate of drug-likeness (QED) is 0.0521. The van der Waals surface area contributed by atoms with Crippen molar-refractivity contribution in [2.45, 2.75) is 33.6 Å². The van der Waals surface area contributed by atoms with E-state index in [1.807, 2.05) is 13.8 Å². The number of allylic oxidation sites excluding steroid dienone is 2. The van der Waals surface area contributed by atoms with Crippen LogP contribution in [0.5, 0.6) is 5.75 Å². The van der Waals surface area contributed by atoms with E-state index < -0.39 is 17.9 Å². The van der Waals surface area contributed by atoms with Gasteiger partial charge in [-0.3, -0.25) is 4.79 Å². The molecule has 2 aromatic rings. The molecular formula is C31H34O8. The Labute approximate surface area is 229 Å². The minimum atomic E-state index is -0.647. The Hall–Kier alpha value is -4.72. The Morgan fingerprint density at radius 1 is 0.718 bits per heavy atom. The minimum Gasteiger partial charge on any atom is -0.494 e. The first kappa shape index (κ1) is 32.3. The van der Waals surface area contributed by atoms with Crippen molar-refractivity contribution in [1.29, 1.82) is 0 Å². The lowest BCUT2D eigenvalue weighted by molar-refractivity contribution is -0.137. The lowest BCUT2D eigenvalue weighted by Crippen LogP contribution is -2.06. The number of esters is 3. The summed E-state index contributed by atoms with van der Waals surface area (Å²) in [6, 6.07) is 12.4. The normalized spacial score (nSPS) is 9.92. The SMILES string of the molecule is C=CC(=O)OCCCCOc1ccc(C(=O)OC(=C)/C=C\C(=C)OC(=O)c2ccc(C(C)=O)cc2)cc1.CC. The van der Waals surface area contributed by atoms with Gasteiger partial charge in [-0.2, -0.15) is 0 Å². The zero-order valence-electron chi connectivity index (χ0n) is 22.6. The molecule has 39 heavy (non-hydrogen) atoms. The molecule has 0 spiro atoms. The Kier molecular flexibility index (Phi) is 14.7. The van der Waals surface area contributed by atoms with E-state index in [4.69, 9.17) is 18.9 Å². The number of ketones is 1. The summed E-state index contributed by atoms with van der Waals surface area (Å²) in [6.07, 6.45) is 5.14. The lowest BCUT2D eigenvalue weighted by atomic mass is 10.1. The largest absolute Gasteiger partial charge is 0.494 e. The third-order valence-corrected chi connectivity index (χ3v) is 4.74. The van der Waals surface area contributed by atoms with E-state index >= 15 is 0 Å². The number of hydrogen-bond donors (Lipinski definition) is 0. The molecule has 0 atom stereocenters. The molecule has 0 bridgehead atoms. The first-order valence-electron chi connectivity index (χ1n) is 12.3. The summed E-state index contributed by atoms with van der Waals surface area (Å²) in [7, 11) is 0. The lowest BCUT2D eigenvalue weighted by Gasteiger charge is -2.08. The van der Waals surface area contributed by atoms with Crippen molar-refractivity contribution in [2.24, 2.45) is 0 Å². The van der Waals surface area contributed by atoms with Crippen molar-refractivity contribution in [1.82, 2.24) is 0 Å². The third kappa shape index (κ3) is 12.4. The second-order valence-electron chi connectivity index (χ2n) is 7.63. The van der Waals surface area contributed by atoms with Crippen LogP contribution >= 0.6 is 0 Å². The van der Waals surface area contributed by atoms with E-state index in [1.165, 1.54) is 43.3 Å². The molecular weight excluding hydrogens is 500 g/mol. The molecule has 0 amide bonds. The van der Waals surface area contributed by atoms with E-state index in [0.717, 1.165) is 6.08 Å². The Morgan fingerprint density at radius 3 is 1.62 bits per heavy atom. The highest BCUT2D eigenvalue weighted by Crippen LogP contribution is 2.15. The maximum Gasteiger partial charge on any atom is 0.343 e. The Morgan fingerprint density at radius 2 is 1.15 bits per heavy atom. The van der Waals surface area contributed by atoms with Gasteiger partial charge in [0.15, 0.2) is 5.78 Å². The van der Waals surface area contributed by atoms with Crippen molar-refractivity contribution in [3.05, 3.63) is 115 Å². The molecule has 0 saturated heterocycles. The van der Waals surface area contributed by atoms with Gasteiger partial charge in [0.25, 0.3) is 0 Å². The van der Waals surface area contributed by atoms with Crippen LogP contribution in [0.15, 0.2) is 98.0 Å². The molecule has 0 heterocycles. The highest BCUT2D eigenvalue weighted by Gasteiger charge is 2.11. The fourth-order valence-electron chi connectivity index (χ4n) is 2.76. The molecule has 0 aromatic heterocycles. The highest BCUT2D eigenvalue weighted by atomic mass is 16.5. The molecule has 0 aliphatic heterocycles. The molecule has 0 radical (unpaired) electrons. The number of rotatable bonds is 14. The van der Waals surface area contributed by atoms with Gasteiger partial charge >= 0.3 is 17.9 Å². The predicted octanol–water partition coefficient (Wildman–Crippen LogP) is 6.40. The molecule has 8 heteroatoms.